The van der Waals surface area contributed by atoms with Crippen molar-refractivity contribution in [3.05, 3.63) is 46.0 Å². The second kappa shape index (κ2) is 5.18. The summed E-state index contributed by atoms with van der Waals surface area (Å²) in [7, 11) is 0. The monoisotopic (exact) mass is 268 g/mol. The molecule has 0 atom stereocenters. The summed E-state index contributed by atoms with van der Waals surface area (Å²) in [5, 5.41) is 9.61. The minimum Gasteiger partial charge on any atom is -0.250 e. The highest BCUT2D eigenvalue weighted by atomic mass is 32.1. The van der Waals surface area contributed by atoms with Gasteiger partial charge >= 0.3 is 0 Å². The third-order valence-corrected chi connectivity index (χ3v) is 2.53. The van der Waals surface area contributed by atoms with Crippen LogP contribution >= 0.6 is 12.2 Å². The average molecular weight is 268 g/mol. The highest BCUT2D eigenvalue weighted by Gasteiger charge is 2.15. The summed E-state index contributed by atoms with van der Waals surface area (Å²) in [5.74, 6) is -0.497. The van der Waals surface area contributed by atoms with Crippen LogP contribution in [0.15, 0.2) is 29.4 Å². The lowest BCUT2D eigenvalue weighted by molar-refractivity contribution is 0.136. The lowest BCUT2D eigenvalue weighted by atomic mass is 10.2. The number of aromatic nitrogens is 3. The number of benzene rings is 1. The first-order valence-electron chi connectivity index (χ1n) is 5.14. The van der Waals surface area contributed by atoms with Gasteiger partial charge in [0.15, 0.2) is 0 Å². The molecule has 0 aliphatic rings. The first-order chi connectivity index (χ1) is 8.58. The van der Waals surface area contributed by atoms with Crippen molar-refractivity contribution < 1.29 is 8.78 Å². The van der Waals surface area contributed by atoms with E-state index in [1.54, 1.807) is 0 Å². The Morgan fingerprint density at radius 2 is 2.06 bits per heavy atom. The van der Waals surface area contributed by atoms with Crippen molar-refractivity contribution in [3.8, 4) is 0 Å². The molecule has 2 rings (SSSR count). The van der Waals surface area contributed by atoms with Crippen LogP contribution in [0.25, 0.3) is 0 Å². The Kier molecular flexibility index (Phi) is 3.61. The number of nitrogens with zero attached hydrogens (tertiary/aromatic N) is 3. The van der Waals surface area contributed by atoms with Gasteiger partial charge in [-0.05, 0) is 24.7 Å². The van der Waals surface area contributed by atoms with Gasteiger partial charge in [-0.1, -0.05) is 29.8 Å². The van der Waals surface area contributed by atoms with E-state index in [-0.39, 0.29) is 4.77 Å². The van der Waals surface area contributed by atoms with Crippen molar-refractivity contribution in [3.63, 3.8) is 0 Å². The highest BCUT2D eigenvalue weighted by molar-refractivity contribution is 7.71. The van der Waals surface area contributed by atoms with Crippen LogP contribution in [0, 0.1) is 11.7 Å². The fourth-order valence-corrected chi connectivity index (χ4v) is 1.52. The average Bonchev–Trinajstić information content (AvgIpc) is 2.70. The third kappa shape index (κ3) is 2.67. The molecule has 1 aromatic heterocycles. The van der Waals surface area contributed by atoms with E-state index in [0.717, 1.165) is 15.8 Å². The zero-order chi connectivity index (χ0) is 13.1. The molecule has 0 aliphatic heterocycles. The number of aromatic amines is 1. The smallest absolute Gasteiger partial charge is 0.250 e. The quantitative estimate of drug-likeness (QED) is 0.687. The summed E-state index contributed by atoms with van der Waals surface area (Å²) in [6.45, 7) is 1.96. The summed E-state index contributed by atoms with van der Waals surface area (Å²) < 4.78 is 26.1. The molecule has 1 heterocycles. The third-order valence-electron chi connectivity index (χ3n) is 2.27. The van der Waals surface area contributed by atoms with E-state index in [9.17, 15) is 8.78 Å². The maximum Gasteiger partial charge on any atom is 0.299 e. The minimum absolute atomic E-state index is 0.0358. The summed E-state index contributed by atoms with van der Waals surface area (Å²) in [6.07, 6.45) is -1.27. The maximum absolute atomic E-state index is 12.6. The Morgan fingerprint density at radius 3 is 2.67 bits per heavy atom. The lowest BCUT2D eigenvalue weighted by Crippen LogP contribution is -1.99. The number of nitrogens with one attached hydrogen (secondary N) is 1. The van der Waals surface area contributed by atoms with Crippen LogP contribution in [0.3, 0.4) is 0 Å². The van der Waals surface area contributed by atoms with Crippen LogP contribution in [0.5, 0.6) is 0 Å². The molecule has 0 spiro atoms. The molecule has 0 radical (unpaired) electrons. The van der Waals surface area contributed by atoms with E-state index >= 15 is 0 Å². The molecule has 0 bridgehead atoms. The van der Waals surface area contributed by atoms with Crippen molar-refractivity contribution in [2.45, 2.75) is 13.3 Å². The van der Waals surface area contributed by atoms with Crippen LogP contribution < -0.4 is 0 Å². The normalized spacial score (nSPS) is 11.6. The predicted molar refractivity (Wildman–Crippen MR) is 66.5 cm³/mol. The molecular weight excluding hydrogens is 258 g/mol. The number of aryl methyl sites for hydroxylation is 1. The number of hydrogen-bond acceptors (Lipinski definition) is 3. The van der Waals surface area contributed by atoms with Gasteiger partial charge in [-0.2, -0.15) is 14.9 Å². The van der Waals surface area contributed by atoms with Gasteiger partial charge in [-0.25, -0.2) is 13.9 Å². The zero-order valence-electron chi connectivity index (χ0n) is 9.47. The predicted octanol–water partition coefficient (Wildman–Crippen LogP) is 3.07. The number of H-pyrrole nitrogens is 1. The van der Waals surface area contributed by atoms with Crippen molar-refractivity contribution in [1.29, 1.82) is 0 Å². The van der Waals surface area contributed by atoms with E-state index < -0.39 is 12.2 Å². The molecule has 4 nitrogen and oxygen atoms in total. The number of hydrogen-bond donors (Lipinski definition) is 1. The van der Waals surface area contributed by atoms with E-state index in [2.05, 4.69) is 15.3 Å². The fourth-order valence-electron chi connectivity index (χ4n) is 1.33. The van der Waals surface area contributed by atoms with Crippen molar-refractivity contribution >= 4 is 18.4 Å². The zero-order valence-corrected chi connectivity index (χ0v) is 10.3. The van der Waals surface area contributed by atoms with Crippen LogP contribution in [-0.2, 0) is 0 Å². The lowest BCUT2D eigenvalue weighted by Gasteiger charge is -1.98. The molecule has 94 valence electrons. The van der Waals surface area contributed by atoms with Gasteiger partial charge in [-0.3, -0.25) is 0 Å². The number of rotatable bonds is 3. The summed E-state index contributed by atoms with van der Waals surface area (Å²) in [5.41, 5.74) is 1.91. The van der Waals surface area contributed by atoms with Gasteiger partial charge in [0.1, 0.15) is 0 Å². The SMILES string of the molecule is Cc1ccc(C=Nn2c(C(F)F)n[nH]c2=S)cc1. The Hall–Kier alpha value is -1.89. The first-order valence-corrected chi connectivity index (χ1v) is 5.55. The second-order valence-corrected chi connectivity index (χ2v) is 4.04. The Morgan fingerprint density at radius 1 is 1.39 bits per heavy atom. The van der Waals surface area contributed by atoms with Gasteiger partial charge in [-0.15, -0.1) is 0 Å². The number of alkyl halides is 2. The summed E-state index contributed by atoms with van der Waals surface area (Å²) in [6, 6.07) is 7.49. The molecular formula is C11H10F2N4S. The molecule has 0 unspecified atom stereocenters. The van der Waals surface area contributed by atoms with Crippen molar-refractivity contribution in [2.24, 2.45) is 5.10 Å². The Balaban J connectivity index is 2.31. The second-order valence-electron chi connectivity index (χ2n) is 3.65. The fraction of sp³-hybridized carbons (Fsp3) is 0.182. The standard InChI is InChI=1S/C11H10F2N4S/c1-7-2-4-8(5-3-7)6-14-17-10(9(12)13)15-16-11(17)18/h2-6,9H,1H3,(H,16,18). The highest BCUT2D eigenvalue weighted by Crippen LogP contribution is 2.15. The molecule has 0 saturated carbocycles. The Labute approximate surface area is 107 Å². The van der Waals surface area contributed by atoms with Gasteiger partial charge < -0.3 is 0 Å². The molecule has 0 saturated heterocycles. The van der Waals surface area contributed by atoms with Crippen LogP contribution in [0.2, 0.25) is 0 Å². The Bertz CT molecular complexity index is 613. The van der Waals surface area contributed by atoms with E-state index in [1.807, 2.05) is 31.2 Å². The largest absolute Gasteiger partial charge is 0.299 e. The molecule has 0 fully saturated rings. The van der Waals surface area contributed by atoms with Gasteiger partial charge in [0.05, 0.1) is 6.21 Å². The first kappa shape index (κ1) is 12.6. The molecule has 0 aliphatic carbocycles. The van der Waals surface area contributed by atoms with Crippen molar-refractivity contribution in [2.75, 3.05) is 0 Å². The molecule has 2 aromatic rings. The van der Waals surface area contributed by atoms with Gasteiger partial charge in [0.25, 0.3) is 6.43 Å². The van der Waals surface area contributed by atoms with Crippen molar-refractivity contribution in [1.82, 2.24) is 14.9 Å². The maximum atomic E-state index is 12.6. The van der Waals surface area contributed by atoms with E-state index in [0.29, 0.717) is 0 Å². The molecule has 18 heavy (non-hydrogen) atoms. The summed E-state index contributed by atoms with van der Waals surface area (Å²) >= 11 is 4.83. The van der Waals surface area contributed by atoms with Gasteiger partial charge in [0, 0.05) is 0 Å². The summed E-state index contributed by atoms with van der Waals surface area (Å²) in [4.78, 5) is 0. The molecule has 1 N–H and O–H groups in total. The molecule has 1 aromatic carbocycles. The van der Waals surface area contributed by atoms with E-state index in [4.69, 9.17) is 12.2 Å². The van der Waals surface area contributed by atoms with E-state index in [1.165, 1.54) is 6.21 Å². The number of halogens is 2. The van der Waals surface area contributed by atoms with Crippen LogP contribution in [0.4, 0.5) is 8.78 Å². The minimum atomic E-state index is -2.73. The van der Waals surface area contributed by atoms with Crippen LogP contribution in [0.1, 0.15) is 23.4 Å². The van der Waals surface area contributed by atoms with Gasteiger partial charge in [0.2, 0.25) is 10.6 Å². The molecule has 0 amide bonds. The topological polar surface area (TPSA) is 46.0 Å². The van der Waals surface area contributed by atoms with Crippen LogP contribution in [-0.4, -0.2) is 21.1 Å². The molecule has 7 heteroatoms.